The van der Waals surface area contributed by atoms with Gasteiger partial charge in [-0.25, -0.2) is 4.39 Å². The third kappa shape index (κ3) is 5.49. The fraction of sp³-hybridized carbons (Fsp3) is 0.567. The molecule has 4 nitrogen and oxygen atoms in total. The molecule has 4 bridgehead atoms. The summed E-state index contributed by atoms with van der Waals surface area (Å²) in [6.45, 7) is 2.15. The van der Waals surface area contributed by atoms with Crippen LogP contribution < -0.4 is 15.4 Å². The summed E-state index contributed by atoms with van der Waals surface area (Å²) in [6, 6.07) is 12.9. The molecule has 0 unspecified atom stereocenters. The second-order valence-corrected chi connectivity index (χ2v) is 11.4. The molecule has 2 aromatic carbocycles. The van der Waals surface area contributed by atoms with Crippen LogP contribution in [0.15, 0.2) is 42.5 Å². The number of ether oxygens (including phenoxy) is 1. The lowest BCUT2D eigenvalue weighted by molar-refractivity contribution is 0.0106. The van der Waals surface area contributed by atoms with Gasteiger partial charge in [0, 0.05) is 17.1 Å². The maximum atomic E-state index is 15.2. The van der Waals surface area contributed by atoms with Gasteiger partial charge in [0.1, 0.15) is 11.6 Å². The van der Waals surface area contributed by atoms with Crippen molar-refractivity contribution >= 4 is 11.6 Å². The van der Waals surface area contributed by atoms with Crippen LogP contribution in [0.1, 0.15) is 80.6 Å². The summed E-state index contributed by atoms with van der Waals surface area (Å²) < 4.78 is 20.6. The number of anilines is 1. The van der Waals surface area contributed by atoms with Gasteiger partial charge in [-0.2, -0.15) is 0 Å². The summed E-state index contributed by atoms with van der Waals surface area (Å²) in [5.74, 6) is 2.66. The quantitative estimate of drug-likeness (QED) is 0.397. The summed E-state index contributed by atoms with van der Waals surface area (Å²) in [5, 5.41) is 6.78. The summed E-state index contributed by atoms with van der Waals surface area (Å²) in [6.07, 6.45) is 11.2. The normalized spacial score (nSPS) is 27.5. The number of carbonyl (C=O) groups excluding carboxylic acids is 1. The standard InChI is InChI=1S/C30H39FN2O2/c1-3-4-7-25(14-20-6-5-8-26(15-20)35-2)32-29(34)24-9-10-28(27(31)16-24)33-30-17-21-11-22(18-30)13-23(12-21)19-30/h5-6,8-10,15-16,21-23,25,33H,3-4,7,11-14,17-19H2,1-2H3,(H,32,34)/t21?,22?,23?,25-,30?/m0/s1. The highest BCUT2D eigenvalue weighted by Gasteiger charge is 2.51. The number of carbonyl (C=O) groups is 1. The predicted molar refractivity (Wildman–Crippen MR) is 138 cm³/mol. The number of halogens is 1. The molecule has 35 heavy (non-hydrogen) atoms. The minimum atomic E-state index is -0.328. The second kappa shape index (κ2) is 10.2. The molecular weight excluding hydrogens is 439 g/mol. The molecule has 188 valence electrons. The van der Waals surface area contributed by atoms with Gasteiger partial charge in [0.05, 0.1) is 12.8 Å². The summed E-state index contributed by atoms with van der Waals surface area (Å²) in [7, 11) is 1.66. The zero-order chi connectivity index (χ0) is 24.4. The van der Waals surface area contributed by atoms with Gasteiger partial charge in [0.25, 0.3) is 5.91 Å². The Bertz CT molecular complexity index is 1020. The molecule has 2 N–H and O–H groups in total. The largest absolute Gasteiger partial charge is 0.497 e. The molecule has 0 heterocycles. The van der Waals surface area contributed by atoms with Crippen molar-refractivity contribution < 1.29 is 13.9 Å². The van der Waals surface area contributed by atoms with E-state index in [0.29, 0.717) is 11.3 Å². The van der Waals surface area contributed by atoms with Crippen LogP contribution in [0.3, 0.4) is 0 Å². The van der Waals surface area contributed by atoms with E-state index in [1.165, 1.54) is 25.3 Å². The number of benzene rings is 2. The fourth-order valence-electron chi connectivity index (χ4n) is 7.34. The highest BCUT2D eigenvalue weighted by atomic mass is 19.1. The van der Waals surface area contributed by atoms with Gasteiger partial charge in [-0.05, 0) is 105 Å². The Morgan fingerprint density at radius 1 is 1.09 bits per heavy atom. The molecule has 4 fully saturated rings. The lowest BCUT2D eigenvalue weighted by Gasteiger charge is -2.57. The van der Waals surface area contributed by atoms with Gasteiger partial charge in [-0.1, -0.05) is 31.9 Å². The van der Waals surface area contributed by atoms with Crippen LogP contribution in [0, 0.1) is 23.6 Å². The van der Waals surface area contributed by atoms with Gasteiger partial charge in [-0.15, -0.1) is 0 Å². The molecule has 1 atom stereocenters. The third-order valence-electron chi connectivity index (χ3n) is 8.53. The van der Waals surface area contributed by atoms with Crippen molar-refractivity contribution in [3.05, 3.63) is 59.4 Å². The van der Waals surface area contributed by atoms with Crippen LogP contribution in [0.4, 0.5) is 10.1 Å². The van der Waals surface area contributed by atoms with Crippen molar-refractivity contribution in [2.24, 2.45) is 17.8 Å². The lowest BCUT2D eigenvalue weighted by Crippen LogP contribution is -2.54. The first-order chi connectivity index (χ1) is 16.9. The molecule has 2 aromatic rings. The van der Waals surface area contributed by atoms with Gasteiger partial charge in [0.15, 0.2) is 0 Å². The van der Waals surface area contributed by atoms with E-state index in [1.54, 1.807) is 19.2 Å². The van der Waals surface area contributed by atoms with Crippen LogP contribution in [0.25, 0.3) is 0 Å². The molecule has 4 aliphatic carbocycles. The van der Waals surface area contributed by atoms with Crippen molar-refractivity contribution in [1.29, 1.82) is 0 Å². The van der Waals surface area contributed by atoms with Crippen molar-refractivity contribution in [3.8, 4) is 5.75 Å². The smallest absolute Gasteiger partial charge is 0.251 e. The van der Waals surface area contributed by atoms with Crippen molar-refractivity contribution in [3.63, 3.8) is 0 Å². The zero-order valence-electron chi connectivity index (χ0n) is 21.1. The first-order valence-corrected chi connectivity index (χ1v) is 13.5. The molecule has 1 amide bonds. The number of unbranched alkanes of at least 4 members (excludes halogenated alkanes) is 1. The van der Waals surface area contributed by atoms with Gasteiger partial charge >= 0.3 is 0 Å². The number of amides is 1. The first-order valence-electron chi connectivity index (χ1n) is 13.5. The molecule has 6 rings (SSSR count). The van der Waals surface area contributed by atoms with E-state index in [9.17, 15) is 4.79 Å². The average Bonchev–Trinajstić information content (AvgIpc) is 2.83. The average molecular weight is 479 g/mol. The van der Waals surface area contributed by atoms with Crippen molar-refractivity contribution in [2.75, 3.05) is 12.4 Å². The molecule has 0 radical (unpaired) electrons. The second-order valence-electron chi connectivity index (χ2n) is 11.4. The van der Waals surface area contributed by atoms with Gasteiger partial charge in [0.2, 0.25) is 0 Å². The summed E-state index contributed by atoms with van der Waals surface area (Å²) in [5.41, 5.74) is 2.08. The Hall–Kier alpha value is -2.56. The Labute approximate surface area is 209 Å². The third-order valence-corrected chi connectivity index (χ3v) is 8.53. The van der Waals surface area contributed by atoms with Crippen LogP contribution in [0.5, 0.6) is 5.75 Å². The van der Waals surface area contributed by atoms with Gasteiger partial charge in [-0.3, -0.25) is 4.79 Å². The molecular formula is C30H39FN2O2. The predicted octanol–water partition coefficient (Wildman–Crippen LogP) is 6.75. The Morgan fingerprint density at radius 2 is 1.80 bits per heavy atom. The Morgan fingerprint density at radius 3 is 2.43 bits per heavy atom. The van der Waals surface area contributed by atoms with E-state index >= 15 is 4.39 Å². The molecule has 4 saturated carbocycles. The summed E-state index contributed by atoms with van der Waals surface area (Å²) in [4.78, 5) is 13.1. The highest BCUT2D eigenvalue weighted by Crippen LogP contribution is 2.56. The molecule has 4 aliphatic rings. The van der Waals surface area contributed by atoms with Crippen molar-refractivity contribution in [2.45, 2.75) is 82.7 Å². The van der Waals surface area contributed by atoms with E-state index in [-0.39, 0.29) is 23.3 Å². The van der Waals surface area contributed by atoms with Crippen LogP contribution in [0.2, 0.25) is 0 Å². The fourth-order valence-corrected chi connectivity index (χ4v) is 7.34. The zero-order valence-corrected chi connectivity index (χ0v) is 21.1. The van der Waals surface area contributed by atoms with Crippen LogP contribution in [-0.4, -0.2) is 24.6 Å². The first kappa shape index (κ1) is 24.1. The number of hydrogen-bond acceptors (Lipinski definition) is 3. The van der Waals surface area contributed by atoms with Crippen LogP contribution in [-0.2, 0) is 6.42 Å². The summed E-state index contributed by atoms with van der Waals surface area (Å²) >= 11 is 0. The van der Waals surface area contributed by atoms with Crippen molar-refractivity contribution in [1.82, 2.24) is 5.32 Å². The van der Waals surface area contributed by atoms with E-state index in [4.69, 9.17) is 4.74 Å². The maximum absolute atomic E-state index is 15.2. The monoisotopic (exact) mass is 478 g/mol. The lowest BCUT2D eigenvalue weighted by atomic mass is 9.53. The molecule has 0 aliphatic heterocycles. The molecule has 0 saturated heterocycles. The van der Waals surface area contributed by atoms with E-state index in [1.807, 2.05) is 18.2 Å². The minimum Gasteiger partial charge on any atom is -0.497 e. The van der Waals surface area contributed by atoms with E-state index < -0.39 is 0 Å². The van der Waals surface area contributed by atoms with Gasteiger partial charge < -0.3 is 15.4 Å². The Balaban J connectivity index is 1.25. The van der Waals surface area contributed by atoms with E-state index in [0.717, 1.165) is 74.0 Å². The molecule has 0 aromatic heterocycles. The Kier molecular flexibility index (Phi) is 7.04. The topological polar surface area (TPSA) is 50.4 Å². The SMILES string of the molecule is CCCC[C@@H](Cc1cccc(OC)c1)NC(=O)c1ccc(NC23CC4CC(CC(C4)C2)C3)c(F)c1. The minimum absolute atomic E-state index is 0.0116. The number of nitrogens with one attached hydrogen (secondary N) is 2. The highest BCUT2D eigenvalue weighted by molar-refractivity contribution is 5.94. The van der Waals surface area contributed by atoms with Crippen LogP contribution >= 0.6 is 0 Å². The number of methoxy groups -OCH3 is 1. The number of rotatable bonds is 10. The number of hydrogen-bond donors (Lipinski definition) is 2. The van der Waals surface area contributed by atoms with E-state index in [2.05, 4.69) is 23.6 Å². The molecule has 0 spiro atoms. The maximum Gasteiger partial charge on any atom is 0.251 e. The molecule has 5 heteroatoms.